The predicted molar refractivity (Wildman–Crippen MR) is 75.0 cm³/mol. The third kappa shape index (κ3) is 3.42. The highest BCUT2D eigenvalue weighted by Gasteiger charge is 2.37. The largest absolute Gasteiger partial charge is 0.481 e. The van der Waals surface area contributed by atoms with Crippen LogP contribution in [-0.2, 0) is 6.18 Å². The second kappa shape index (κ2) is 6.41. The van der Waals surface area contributed by atoms with Crippen LogP contribution in [0.15, 0.2) is 6.07 Å². The van der Waals surface area contributed by atoms with Crippen molar-refractivity contribution in [2.45, 2.75) is 31.9 Å². The van der Waals surface area contributed by atoms with Gasteiger partial charge in [-0.1, -0.05) is 12.8 Å². The average Bonchev–Trinajstić information content (AvgIpc) is 2.73. The van der Waals surface area contributed by atoms with Gasteiger partial charge in [0.15, 0.2) is 0 Å². The predicted octanol–water partition coefficient (Wildman–Crippen LogP) is 2.59. The lowest BCUT2D eigenvalue weighted by molar-refractivity contribution is -0.139. The number of hydrogen-bond acceptors (Lipinski definition) is 4. The average molecular weight is 317 g/mol. The minimum Gasteiger partial charge on any atom is -0.481 e. The van der Waals surface area contributed by atoms with E-state index < -0.39 is 23.5 Å². The minimum atomic E-state index is -4.67. The number of carbonyl (C=O) groups excluding carboxylic acids is 1. The van der Waals surface area contributed by atoms with Crippen LogP contribution < -0.4 is 15.4 Å². The molecule has 8 heteroatoms. The van der Waals surface area contributed by atoms with Crippen molar-refractivity contribution in [3.8, 4) is 5.88 Å². The summed E-state index contributed by atoms with van der Waals surface area (Å²) < 4.78 is 43.9. The number of hydrogen-bond donors (Lipinski definition) is 1. The normalized spacial score (nSPS) is 16.3. The maximum Gasteiger partial charge on any atom is 0.421 e. The molecular weight excluding hydrogens is 299 g/mol. The molecule has 1 aromatic rings. The summed E-state index contributed by atoms with van der Waals surface area (Å²) in [4.78, 5) is 17.3. The lowest BCUT2D eigenvalue weighted by atomic mass is 10.1. The Kier molecular flexibility index (Phi) is 4.77. The summed E-state index contributed by atoms with van der Waals surface area (Å²) in [5.74, 6) is -1.31. The topological polar surface area (TPSA) is 68.4 Å². The van der Waals surface area contributed by atoms with Gasteiger partial charge < -0.3 is 15.4 Å². The summed E-state index contributed by atoms with van der Waals surface area (Å²) in [7, 11) is 1.12. The van der Waals surface area contributed by atoms with Crippen LogP contribution in [0.3, 0.4) is 0 Å². The Morgan fingerprint density at radius 2 is 1.86 bits per heavy atom. The van der Waals surface area contributed by atoms with Crippen molar-refractivity contribution in [1.82, 2.24) is 4.98 Å². The van der Waals surface area contributed by atoms with Crippen LogP contribution in [0.5, 0.6) is 5.88 Å². The molecule has 1 amide bonds. The molecule has 5 nitrogen and oxygen atoms in total. The van der Waals surface area contributed by atoms with E-state index in [0.717, 1.165) is 38.9 Å². The quantitative estimate of drug-likeness (QED) is 0.930. The maximum atomic E-state index is 13.0. The monoisotopic (exact) mass is 317 g/mol. The molecule has 0 unspecified atom stereocenters. The van der Waals surface area contributed by atoms with Crippen molar-refractivity contribution in [2.24, 2.45) is 5.73 Å². The highest BCUT2D eigenvalue weighted by Crippen LogP contribution is 2.38. The van der Waals surface area contributed by atoms with Gasteiger partial charge in [0.2, 0.25) is 5.88 Å². The molecule has 0 atom stereocenters. The fourth-order valence-electron chi connectivity index (χ4n) is 2.55. The Bertz CT molecular complexity index is 553. The van der Waals surface area contributed by atoms with E-state index in [1.165, 1.54) is 0 Å². The molecule has 0 radical (unpaired) electrons. The first kappa shape index (κ1) is 16.4. The van der Waals surface area contributed by atoms with Gasteiger partial charge in [-0.05, 0) is 18.9 Å². The molecule has 1 fully saturated rings. The Labute approximate surface area is 126 Å². The van der Waals surface area contributed by atoms with Crippen molar-refractivity contribution < 1.29 is 22.7 Å². The molecule has 0 aliphatic carbocycles. The lowest BCUT2D eigenvalue weighted by Gasteiger charge is -2.25. The SMILES string of the molecule is COc1nc(N2CCCCCC2)c(C(N)=O)cc1C(F)(F)F. The Morgan fingerprint density at radius 3 is 2.32 bits per heavy atom. The van der Waals surface area contributed by atoms with E-state index in [9.17, 15) is 18.0 Å². The van der Waals surface area contributed by atoms with Crippen molar-refractivity contribution in [2.75, 3.05) is 25.1 Å². The summed E-state index contributed by atoms with van der Waals surface area (Å²) in [5, 5.41) is 0. The van der Waals surface area contributed by atoms with E-state index >= 15 is 0 Å². The molecule has 0 bridgehead atoms. The minimum absolute atomic E-state index is 0.166. The molecule has 0 saturated carbocycles. The maximum absolute atomic E-state index is 13.0. The molecule has 2 heterocycles. The van der Waals surface area contributed by atoms with E-state index in [1.807, 2.05) is 0 Å². The van der Waals surface area contributed by atoms with Crippen molar-refractivity contribution in [3.05, 3.63) is 17.2 Å². The molecule has 0 aromatic carbocycles. The van der Waals surface area contributed by atoms with Gasteiger partial charge in [-0.25, -0.2) is 0 Å². The lowest BCUT2D eigenvalue weighted by Crippen LogP contribution is -2.29. The number of nitrogens with two attached hydrogens (primary N) is 1. The van der Waals surface area contributed by atoms with E-state index in [2.05, 4.69) is 4.98 Å². The number of primary amides is 1. The van der Waals surface area contributed by atoms with Crippen molar-refractivity contribution in [1.29, 1.82) is 0 Å². The van der Waals surface area contributed by atoms with E-state index in [-0.39, 0.29) is 11.4 Å². The van der Waals surface area contributed by atoms with Crippen LogP contribution >= 0.6 is 0 Å². The zero-order valence-electron chi connectivity index (χ0n) is 12.2. The fourth-order valence-corrected chi connectivity index (χ4v) is 2.55. The highest BCUT2D eigenvalue weighted by molar-refractivity contribution is 5.98. The molecule has 22 heavy (non-hydrogen) atoms. The van der Waals surface area contributed by atoms with Gasteiger partial charge >= 0.3 is 6.18 Å². The zero-order chi connectivity index (χ0) is 16.3. The summed E-state index contributed by atoms with van der Waals surface area (Å²) in [6, 6.07) is 0.731. The molecule has 2 N–H and O–H groups in total. The zero-order valence-corrected chi connectivity index (χ0v) is 12.2. The Morgan fingerprint density at radius 1 is 1.27 bits per heavy atom. The van der Waals surface area contributed by atoms with Gasteiger partial charge in [-0.15, -0.1) is 0 Å². The molecular formula is C14H18F3N3O2. The number of methoxy groups -OCH3 is 1. The first-order valence-electron chi connectivity index (χ1n) is 7.05. The van der Waals surface area contributed by atoms with Gasteiger partial charge in [0.1, 0.15) is 11.4 Å². The molecule has 2 rings (SSSR count). The van der Waals surface area contributed by atoms with Gasteiger partial charge in [0.05, 0.1) is 12.7 Å². The molecule has 1 aromatic heterocycles. The number of rotatable bonds is 3. The van der Waals surface area contributed by atoms with Crippen molar-refractivity contribution >= 4 is 11.7 Å². The van der Waals surface area contributed by atoms with Gasteiger partial charge in [0, 0.05) is 13.1 Å². The van der Waals surface area contributed by atoms with Crippen LogP contribution in [0.2, 0.25) is 0 Å². The number of halogens is 3. The Balaban J connectivity index is 2.54. The molecule has 122 valence electrons. The van der Waals surface area contributed by atoms with Crippen LogP contribution in [0.25, 0.3) is 0 Å². The summed E-state index contributed by atoms with van der Waals surface area (Å²) >= 11 is 0. The fraction of sp³-hybridized carbons (Fsp3) is 0.571. The number of nitrogens with zero attached hydrogens (tertiary/aromatic N) is 2. The van der Waals surface area contributed by atoms with Crippen LogP contribution in [0, 0.1) is 0 Å². The Hall–Kier alpha value is -1.99. The van der Waals surface area contributed by atoms with Crippen molar-refractivity contribution in [3.63, 3.8) is 0 Å². The highest BCUT2D eigenvalue weighted by atomic mass is 19.4. The molecule has 1 saturated heterocycles. The number of ether oxygens (including phenoxy) is 1. The van der Waals surface area contributed by atoms with Crippen LogP contribution in [-0.4, -0.2) is 31.1 Å². The number of pyridine rings is 1. The second-order valence-electron chi connectivity index (χ2n) is 5.18. The standard InChI is InChI=1S/C14H18F3N3O2/c1-22-13-10(14(15,16)17)8-9(11(18)21)12(19-13)20-6-4-2-3-5-7-20/h8H,2-7H2,1H3,(H2,18,21). The first-order valence-corrected chi connectivity index (χ1v) is 7.05. The summed E-state index contributed by atoms with van der Waals surface area (Å²) in [5.41, 5.74) is 3.93. The number of carbonyl (C=O) groups is 1. The number of anilines is 1. The smallest absolute Gasteiger partial charge is 0.421 e. The third-order valence-corrected chi connectivity index (χ3v) is 3.64. The van der Waals surface area contributed by atoms with E-state index in [1.54, 1.807) is 4.90 Å². The van der Waals surface area contributed by atoms with Crippen LogP contribution in [0.1, 0.15) is 41.6 Å². The summed E-state index contributed by atoms with van der Waals surface area (Å²) in [6.07, 6.45) is -0.799. The van der Waals surface area contributed by atoms with Gasteiger partial charge in [-0.3, -0.25) is 4.79 Å². The van der Waals surface area contributed by atoms with Gasteiger partial charge in [0.25, 0.3) is 5.91 Å². The van der Waals surface area contributed by atoms with Crippen LogP contribution in [0.4, 0.5) is 19.0 Å². The number of alkyl halides is 3. The first-order chi connectivity index (χ1) is 10.3. The molecule has 1 aliphatic heterocycles. The van der Waals surface area contributed by atoms with Gasteiger partial charge in [-0.2, -0.15) is 18.2 Å². The third-order valence-electron chi connectivity index (χ3n) is 3.64. The van der Waals surface area contributed by atoms with E-state index in [0.29, 0.717) is 13.1 Å². The second-order valence-corrected chi connectivity index (χ2v) is 5.18. The number of amides is 1. The van der Waals surface area contributed by atoms with E-state index in [4.69, 9.17) is 10.5 Å². The molecule has 1 aliphatic rings. The number of aromatic nitrogens is 1. The molecule has 0 spiro atoms. The summed E-state index contributed by atoms with van der Waals surface area (Å²) in [6.45, 7) is 1.25.